The van der Waals surface area contributed by atoms with E-state index in [4.69, 9.17) is 16.6 Å². The summed E-state index contributed by atoms with van der Waals surface area (Å²) in [5, 5.41) is 13.7. The van der Waals surface area contributed by atoms with Crippen LogP contribution >= 0.6 is 12.2 Å². The van der Waals surface area contributed by atoms with Gasteiger partial charge in [0.25, 0.3) is 0 Å². The minimum atomic E-state index is -0.650. The molecule has 0 unspecified atom stereocenters. The summed E-state index contributed by atoms with van der Waals surface area (Å²) in [6.45, 7) is 2.71. The number of nitrogens with one attached hydrogen (secondary N) is 1. The van der Waals surface area contributed by atoms with Gasteiger partial charge in [-0.25, -0.2) is 9.79 Å². The van der Waals surface area contributed by atoms with Crippen LogP contribution < -0.4 is 10.9 Å². The Hall–Kier alpha value is -2.21. The molecule has 2 rings (SSSR count). The molecule has 104 valence electrons. The van der Waals surface area contributed by atoms with Gasteiger partial charge in [-0.2, -0.15) is 0 Å². The van der Waals surface area contributed by atoms with E-state index in [1.807, 2.05) is 6.92 Å². The molecule has 0 aliphatic heterocycles. The van der Waals surface area contributed by atoms with Gasteiger partial charge >= 0.3 is 5.63 Å². The maximum absolute atomic E-state index is 11.8. The zero-order valence-electron chi connectivity index (χ0n) is 10.9. The number of rotatable bonds is 3. The van der Waals surface area contributed by atoms with Gasteiger partial charge in [0.2, 0.25) is 0 Å². The first-order valence-corrected chi connectivity index (χ1v) is 6.61. The molecule has 1 aromatic carbocycles. The van der Waals surface area contributed by atoms with E-state index in [0.717, 1.165) is 6.42 Å². The largest absolute Gasteiger partial charge is 0.506 e. The Kier molecular flexibility index (Phi) is 4.47. The molecule has 0 saturated heterocycles. The Labute approximate surface area is 121 Å². The molecular weight excluding hydrogens is 276 g/mol. The van der Waals surface area contributed by atoms with Gasteiger partial charge in [-0.05, 0) is 30.8 Å². The second-order valence-corrected chi connectivity index (χ2v) is 4.52. The van der Waals surface area contributed by atoms with Crippen LogP contribution in [-0.4, -0.2) is 23.0 Å². The maximum atomic E-state index is 11.8. The number of para-hydroxylation sites is 1. The summed E-state index contributed by atoms with van der Waals surface area (Å²) in [7, 11) is 0. The van der Waals surface area contributed by atoms with Crippen LogP contribution in [0, 0.1) is 0 Å². The Morgan fingerprint density at radius 2 is 2.25 bits per heavy atom. The van der Waals surface area contributed by atoms with E-state index >= 15 is 0 Å². The van der Waals surface area contributed by atoms with Gasteiger partial charge in [0, 0.05) is 12.8 Å². The summed E-state index contributed by atoms with van der Waals surface area (Å²) >= 11 is 4.98. The molecule has 0 atom stereocenters. The molecule has 0 radical (unpaired) electrons. The van der Waals surface area contributed by atoms with Crippen LogP contribution in [-0.2, 0) is 0 Å². The highest BCUT2D eigenvalue weighted by molar-refractivity contribution is 7.80. The molecular formula is C14H14N2O3S. The summed E-state index contributed by atoms with van der Waals surface area (Å²) in [4.78, 5) is 15.7. The molecule has 0 bridgehead atoms. The lowest BCUT2D eigenvalue weighted by Crippen LogP contribution is -2.20. The Balaban J connectivity index is 2.37. The summed E-state index contributed by atoms with van der Waals surface area (Å²) in [5.74, 6) is -0.154. The predicted octanol–water partition coefficient (Wildman–Crippen LogP) is 2.20. The highest BCUT2D eigenvalue weighted by atomic mass is 32.1. The van der Waals surface area contributed by atoms with E-state index in [0.29, 0.717) is 17.5 Å². The SMILES string of the molecule is CCCNC(=S)/N=C\c1c(O)c2ccccc2oc1=O. The standard InChI is InChI=1S/C14H14N2O3S/c1-2-7-15-14(20)16-8-10-12(17)9-5-3-4-6-11(9)19-13(10)18/h3-6,8,17H,2,7H2,1H3,(H,15,20)/b16-8-. The van der Waals surface area contributed by atoms with Crippen LogP contribution in [0.1, 0.15) is 18.9 Å². The lowest BCUT2D eigenvalue weighted by molar-refractivity contribution is 0.466. The number of benzene rings is 1. The van der Waals surface area contributed by atoms with Gasteiger partial charge in [0.15, 0.2) is 5.11 Å². The van der Waals surface area contributed by atoms with Gasteiger partial charge in [0.1, 0.15) is 16.9 Å². The molecule has 6 heteroatoms. The number of hydrogen-bond donors (Lipinski definition) is 2. The van der Waals surface area contributed by atoms with Gasteiger partial charge in [-0.15, -0.1) is 0 Å². The minimum absolute atomic E-state index is 0.00986. The van der Waals surface area contributed by atoms with E-state index in [1.54, 1.807) is 24.3 Å². The van der Waals surface area contributed by atoms with Crippen molar-refractivity contribution in [3.63, 3.8) is 0 Å². The smallest absolute Gasteiger partial charge is 0.348 e. The summed E-state index contributed by atoms with van der Waals surface area (Å²) in [5.41, 5.74) is -0.327. The van der Waals surface area contributed by atoms with E-state index in [2.05, 4.69) is 10.3 Å². The molecule has 2 N–H and O–H groups in total. The fourth-order valence-corrected chi connectivity index (χ4v) is 1.82. The fraction of sp³-hybridized carbons (Fsp3) is 0.214. The molecule has 0 spiro atoms. The number of hydrogen-bond acceptors (Lipinski definition) is 4. The second kappa shape index (κ2) is 6.29. The van der Waals surface area contributed by atoms with Crippen molar-refractivity contribution in [1.29, 1.82) is 0 Å². The molecule has 2 aromatic rings. The molecule has 0 fully saturated rings. The molecule has 0 amide bonds. The van der Waals surface area contributed by atoms with E-state index in [9.17, 15) is 9.90 Å². The van der Waals surface area contributed by atoms with Crippen LogP contribution in [0.4, 0.5) is 0 Å². The van der Waals surface area contributed by atoms with Crippen molar-refractivity contribution in [2.75, 3.05) is 6.54 Å². The van der Waals surface area contributed by atoms with Gasteiger partial charge in [-0.1, -0.05) is 19.1 Å². The van der Waals surface area contributed by atoms with Gasteiger partial charge < -0.3 is 14.8 Å². The lowest BCUT2D eigenvalue weighted by Gasteiger charge is -2.03. The molecule has 5 nitrogen and oxygen atoms in total. The third-order valence-corrected chi connectivity index (χ3v) is 2.91. The topological polar surface area (TPSA) is 74.8 Å². The van der Waals surface area contributed by atoms with Crippen molar-refractivity contribution >= 4 is 34.5 Å². The van der Waals surface area contributed by atoms with Crippen molar-refractivity contribution in [3.05, 3.63) is 40.2 Å². The highest BCUT2D eigenvalue weighted by Crippen LogP contribution is 2.24. The number of aromatic hydroxyl groups is 1. The van der Waals surface area contributed by atoms with Crippen molar-refractivity contribution < 1.29 is 9.52 Å². The van der Waals surface area contributed by atoms with E-state index in [-0.39, 0.29) is 16.4 Å². The Bertz CT molecular complexity index is 722. The average molecular weight is 290 g/mol. The van der Waals surface area contributed by atoms with Crippen LogP contribution in [0.5, 0.6) is 5.75 Å². The van der Waals surface area contributed by atoms with Crippen LogP contribution in [0.25, 0.3) is 11.0 Å². The maximum Gasteiger partial charge on any atom is 0.348 e. The molecule has 0 aliphatic rings. The minimum Gasteiger partial charge on any atom is -0.506 e. The zero-order valence-corrected chi connectivity index (χ0v) is 11.7. The molecule has 1 aromatic heterocycles. The number of aliphatic imine (C=N–C) groups is 1. The van der Waals surface area contributed by atoms with Crippen LogP contribution in [0.15, 0.2) is 38.5 Å². The predicted molar refractivity (Wildman–Crippen MR) is 82.6 cm³/mol. The summed E-state index contributed by atoms with van der Waals surface area (Å²) in [6, 6.07) is 6.75. The van der Waals surface area contributed by atoms with Crippen molar-refractivity contribution in [2.24, 2.45) is 4.99 Å². The Morgan fingerprint density at radius 3 is 3.00 bits per heavy atom. The number of thiocarbonyl (C=S) groups is 1. The highest BCUT2D eigenvalue weighted by Gasteiger charge is 2.11. The molecule has 0 saturated carbocycles. The first-order chi connectivity index (χ1) is 9.63. The second-order valence-electron chi connectivity index (χ2n) is 4.14. The quantitative estimate of drug-likeness (QED) is 0.515. The van der Waals surface area contributed by atoms with Gasteiger partial charge in [-0.3, -0.25) is 0 Å². The summed E-state index contributed by atoms with van der Waals surface area (Å²) < 4.78 is 5.12. The average Bonchev–Trinajstić information content (AvgIpc) is 2.45. The first-order valence-electron chi connectivity index (χ1n) is 6.20. The van der Waals surface area contributed by atoms with Gasteiger partial charge in [0.05, 0.1) is 5.39 Å². The third-order valence-electron chi connectivity index (χ3n) is 2.66. The number of nitrogens with zero attached hydrogens (tertiary/aromatic N) is 1. The zero-order chi connectivity index (χ0) is 14.5. The van der Waals surface area contributed by atoms with E-state index < -0.39 is 5.63 Å². The van der Waals surface area contributed by atoms with Crippen molar-refractivity contribution in [2.45, 2.75) is 13.3 Å². The fourth-order valence-electron chi connectivity index (χ4n) is 1.66. The third kappa shape index (κ3) is 3.03. The van der Waals surface area contributed by atoms with Crippen molar-refractivity contribution in [3.8, 4) is 5.75 Å². The van der Waals surface area contributed by atoms with Crippen LogP contribution in [0.3, 0.4) is 0 Å². The lowest BCUT2D eigenvalue weighted by atomic mass is 10.1. The van der Waals surface area contributed by atoms with E-state index in [1.165, 1.54) is 6.21 Å². The Morgan fingerprint density at radius 1 is 1.50 bits per heavy atom. The number of fused-ring (bicyclic) bond motifs is 1. The normalized spacial score (nSPS) is 11.1. The molecule has 20 heavy (non-hydrogen) atoms. The molecule has 1 heterocycles. The molecule has 0 aliphatic carbocycles. The summed E-state index contributed by atoms with van der Waals surface area (Å²) in [6.07, 6.45) is 2.14. The van der Waals surface area contributed by atoms with Crippen LogP contribution in [0.2, 0.25) is 0 Å². The first kappa shape index (κ1) is 14.2. The monoisotopic (exact) mass is 290 g/mol. The van der Waals surface area contributed by atoms with Crippen molar-refractivity contribution in [1.82, 2.24) is 5.32 Å².